The van der Waals surface area contributed by atoms with Crippen molar-refractivity contribution in [3.63, 3.8) is 0 Å². The number of benzene rings is 2. The minimum atomic E-state index is -0.794. The molecule has 128 valence electrons. The minimum absolute atomic E-state index is 0.246. The van der Waals surface area contributed by atoms with Gasteiger partial charge in [-0.1, -0.05) is 6.07 Å². The molecular weight excluding hydrogens is 330 g/mol. The molecule has 6 nitrogen and oxygen atoms in total. The number of hydrogen-bond acceptors (Lipinski definition) is 4. The summed E-state index contributed by atoms with van der Waals surface area (Å²) >= 11 is 0. The molecule has 0 spiro atoms. The Balaban J connectivity index is 1.47. The number of ether oxygens (including phenoxy) is 1. The second-order valence-corrected chi connectivity index (χ2v) is 6.11. The van der Waals surface area contributed by atoms with Gasteiger partial charge in [-0.05, 0) is 47.9 Å². The first-order valence-corrected chi connectivity index (χ1v) is 8.25. The Labute approximate surface area is 149 Å². The van der Waals surface area contributed by atoms with Crippen molar-refractivity contribution >= 4 is 28.5 Å². The summed E-state index contributed by atoms with van der Waals surface area (Å²) < 4.78 is 5.44. The van der Waals surface area contributed by atoms with E-state index in [9.17, 15) is 9.59 Å². The van der Waals surface area contributed by atoms with Crippen LogP contribution in [0.1, 0.15) is 22.3 Å². The first kappa shape index (κ1) is 15.9. The average molecular weight is 345 g/mol. The van der Waals surface area contributed by atoms with E-state index in [0.29, 0.717) is 29.8 Å². The van der Waals surface area contributed by atoms with E-state index in [0.717, 1.165) is 10.9 Å². The third kappa shape index (κ3) is 2.80. The number of nitrogens with one attached hydrogen (secondary N) is 1. The first-order chi connectivity index (χ1) is 12.7. The minimum Gasteiger partial charge on any atom is -0.449 e. The Hall–Kier alpha value is -3.59. The number of aromatic nitrogens is 1. The van der Waals surface area contributed by atoms with Crippen LogP contribution >= 0.6 is 0 Å². The van der Waals surface area contributed by atoms with Gasteiger partial charge >= 0.3 is 5.97 Å². The highest BCUT2D eigenvalue weighted by molar-refractivity contribution is 6.01. The van der Waals surface area contributed by atoms with Crippen LogP contribution in [0.3, 0.4) is 0 Å². The van der Waals surface area contributed by atoms with Crippen LogP contribution < -0.4 is 4.90 Å². The van der Waals surface area contributed by atoms with Gasteiger partial charge in [-0.25, -0.2) is 4.79 Å². The normalized spacial score (nSPS) is 16.7. The highest BCUT2D eigenvalue weighted by Crippen LogP contribution is 2.24. The van der Waals surface area contributed by atoms with Crippen molar-refractivity contribution in [1.29, 1.82) is 5.26 Å². The van der Waals surface area contributed by atoms with Gasteiger partial charge in [0.15, 0.2) is 6.10 Å². The predicted molar refractivity (Wildman–Crippen MR) is 95.6 cm³/mol. The van der Waals surface area contributed by atoms with Crippen molar-refractivity contribution in [1.82, 2.24) is 4.98 Å². The molecule has 1 N–H and O–H groups in total. The molecule has 1 amide bonds. The summed E-state index contributed by atoms with van der Waals surface area (Å²) in [7, 11) is 0. The third-order valence-electron chi connectivity index (χ3n) is 4.50. The number of amides is 1. The molecule has 2 aromatic carbocycles. The van der Waals surface area contributed by atoms with Gasteiger partial charge in [-0.3, -0.25) is 4.79 Å². The zero-order valence-electron chi connectivity index (χ0n) is 13.8. The summed E-state index contributed by atoms with van der Waals surface area (Å²) in [4.78, 5) is 29.6. The number of nitriles is 1. The summed E-state index contributed by atoms with van der Waals surface area (Å²) in [6.45, 7) is 0.471. The van der Waals surface area contributed by atoms with Crippen LogP contribution in [0, 0.1) is 11.3 Å². The van der Waals surface area contributed by atoms with Gasteiger partial charge in [0.05, 0.1) is 17.2 Å². The van der Waals surface area contributed by atoms with E-state index in [1.165, 1.54) is 0 Å². The Morgan fingerprint density at radius 1 is 1.19 bits per heavy atom. The molecule has 1 aromatic heterocycles. The molecule has 1 fully saturated rings. The molecule has 0 radical (unpaired) electrons. The number of rotatable bonds is 3. The van der Waals surface area contributed by atoms with Crippen LogP contribution in [0.15, 0.2) is 54.7 Å². The molecule has 1 unspecified atom stereocenters. The van der Waals surface area contributed by atoms with Crippen molar-refractivity contribution in [3.05, 3.63) is 65.9 Å². The Morgan fingerprint density at radius 3 is 2.77 bits per heavy atom. The molecule has 1 saturated heterocycles. The molecular formula is C20H15N3O3. The molecule has 0 saturated carbocycles. The monoisotopic (exact) mass is 345 g/mol. The van der Waals surface area contributed by atoms with Gasteiger partial charge in [0.25, 0.3) is 5.91 Å². The van der Waals surface area contributed by atoms with Gasteiger partial charge < -0.3 is 14.6 Å². The molecule has 1 aliphatic heterocycles. The van der Waals surface area contributed by atoms with Crippen molar-refractivity contribution in [2.24, 2.45) is 0 Å². The van der Waals surface area contributed by atoms with E-state index in [2.05, 4.69) is 4.98 Å². The lowest BCUT2D eigenvalue weighted by molar-refractivity contribution is -0.124. The number of carbonyl (C=O) groups is 2. The van der Waals surface area contributed by atoms with Crippen LogP contribution in [-0.4, -0.2) is 29.5 Å². The van der Waals surface area contributed by atoms with Crippen LogP contribution in [0.4, 0.5) is 5.69 Å². The van der Waals surface area contributed by atoms with Crippen LogP contribution in [0.5, 0.6) is 0 Å². The van der Waals surface area contributed by atoms with E-state index in [1.54, 1.807) is 47.5 Å². The van der Waals surface area contributed by atoms with E-state index >= 15 is 0 Å². The molecule has 2 heterocycles. The smallest absolute Gasteiger partial charge is 0.338 e. The van der Waals surface area contributed by atoms with Crippen LogP contribution in [0.25, 0.3) is 10.9 Å². The largest absolute Gasteiger partial charge is 0.449 e. The van der Waals surface area contributed by atoms with Crippen molar-refractivity contribution in [2.75, 3.05) is 11.4 Å². The molecule has 1 atom stereocenters. The van der Waals surface area contributed by atoms with Gasteiger partial charge in [-0.15, -0.1) is 0 Å². The fourth-order valence-corrected chi connectivity index (χ4v) is 3.11. The van der Waals surface area contributed by atoms with E-state index < -0.39 is 12.1 Å². The number of anilines is 1. The molecule has 0 aliphatic carbocycles. The van der Waals surface area contributed by atoms with Gasteiger partial charge in [-0.2, -0.15) is 5.26 Å². The van der Waals surface area contributed by atoms with Crippen LogP contribution in [-0.2, 0) is 9.53 Å². The summed E-state index contributed by atoms with van der Waals surface area (Å²) in [5, 5.41) is 9.86. The lowest BCUT2D eigenvalue weighted by Crippen LogP contribution is -2.32. The Bertz CT molecular complexity index is 1030. The second-order valence-electron chi connectivity index (χ2n) is 6.11. The van der Waals surface area contributed by atoms with Gasteiger partial charge in [0, 0.05) is 30.4 Å². The second kappa shape index (κ2) is 6.37. The maximum Gasteiger partial charge on any atom is 0.338 e. The highest BCUT2D eigenvalue weighted by Gasteiger charge is 2.35. The van der Waals surface area contributed by atoms with Crippen molar-refractivity contribution in [3.8, 4) is 6.07 Å². The first-order valence-electron chi connectivity index (χ1n) is 8.25. The number of aromatic amines is 1. The number of fused-ring (bicyclic) bond motifs is 1. The summed E-state index contributed by atoms with van der Waals surface area (Å²) in [6.07, 6.45) is 1.45. The number of hydrogen-bond donors (Lipinski definition) is 1. The molecule has 26 heavy (non-hydrogen) atoms. The number of nitrogens with zero attached hydrogens (tertiary/aromatic N) is 2. The molecule has 6 heteroatoms. The lowest BCUT2D eigenvalue weighted by Gasteiger charge is -2.17. The zero-order chi connectivity index (χ0) is 18.1. The number of esters is 1. The Morgan fingerprint density at radius 2 is 2.00 bits per heavy atom. The van der Waals surface area contributed by atoms with E-state index in [1.807, 2.05) is 18.2 Å². The predicted octanol–water partition coefficient (Wildman–Crippen LogP) is 3.00. The number of carbonyl (C=O) groups excluding carboxylic acids is 2. The van der Waals surface area contributed by atoms with Crippen LogP contribution in [0.2, 0.25) is 0 Å². The summed E-state index contributed by atoms with van der Waals surface area (Å²) in [5.74, 6) is -0.759. The average Bonchev–Trinajstić information content (AvgIpc) is 3.28. The topological polar surface area (TPSA) is 86.2 Å². The van der Waals surface area contributed by atoms with E-state index in [-0.39, 0.29) is 5.91 Å². The standard InChI is InChI=1S/C20H15N3O3/c21-12-13-1-5-16(6-2-13)23-10-8-18(19(23)24)26-20(25)15-4-3-14-7-9-22-17(14)11-15/h1-7,9,11,18,22H,8,10H2. The maximum atomic E-state index is 12.6. The van der Waals surface area contributed by atoms with Crippen molar-refractivity contribution < 1.29 is 14.3 Å². The zero-order valence-corrected chi connectivity index (χ0v) is 13.8. The third-order valence-corrected chi connectivity index (χ3v) is 4.50. The van der Waals surface area contributed by atoms with Gasteiger partial charge in [0.2, 0.25) is 0 Å². The summed E-state index contributed by atoms with van der Waals surface area (Å²) in [5.41, 5.74) is 2.48. The van der Waals surface area contributed by atoms with Gasteiger partial charge in [0.1, 0.15) is 0 Å². The number of H-pyrrole nitrogens is 1. The maximum absolute atomic E-state index is 12.6. The van der Waals surface area contributed by atoms with E-state index in [4.69, 9.17) is 10.00 Å². The molecule has 4 rings (SSSR count). The summed E-state index contributed by atoms with van der Waals surface area (Å²) in [6, 6.07) is 16.0. The fraction of sp³-hybridized carbons (Fsp3) is 0.150. The Kier molecular flexibility index (Phi) is 3.90. The molecule has 1 aliphatic rings. The SMILES string of the molecule is N#Cc1ccc(N2CCC(OC(=O)c3ccc4cc[nH]c4c3)C2=O)cc1. The highest BCUT2D eigenvalue weighted by atomic mass is 16.5. The fourth-order valence-electron chi connectivity index (χ4n) is 3.11. The lowest BCUT2D eigenvalue weighted by atomic mass is 10.1. The van der Waals surface area contributed by atoms with Crippen molar-refractivity contribution in [2.45, 2.75) is 12.5 Å². The quantitative estimate of drug-likeness (QED) is 0.739. The molecule has 0 bridgehead atoms. The molecule has 3 aromatic rings.